The van der Waals surface area contributed by atoms with Crippen LogP contribution in [0.5, 0.6) is 11.5 Å². The number of ether oxygens (including phenoxy) is 2. The molecule has 3 fully saturated rings. The number of aliphatic hydroxyl groups excluding tert-OH is 1. The molecule has 30 heavy (non-hydrogen) atoms. The second-order valence-corrected chi connectivity index (χ2v) is 7.95. The van der Waals surface area contributed by atoms with Crippen molar-refractivity contribution >= 4 is 29.2 Å². The number of nitrogens with one attached hydrogen (secondary N) is 1. The third kappa shape index (κ3) is 5.08. The molecule has 4 rings (SSSR count). The smallest absolute Gasteiger partial charge is 0.417 e. The number of benzene rings is 1. The number of nitrogens with zero attached hydrogens (tertiary/aromatic N) is 3. The Morgan fingerprint density at radius 2 is 2.03 bits per heavy atom. The summed E-state index contributed by atoms with van der Waals surface area (Å²) in [6, 6.07) is 4.06. The molecule has 0 saturated carbocycles. The summed E-state index contributed by atoms with van der Waals surface area (Å²) < 4.78 is 49.1. The monoisotopic (exact) mass is 446 g/mol. The van der Waals surface area contributed by atoms with E-state index in [1.807, 2.05) is 6.26 Å². The van der Waals surface area contributed by atoms with E-state index in [-0.39, 0.29) is 11.4 Å². The Morgan fingerprint density at radius 1 is 1.37 bits per heavy atom. The maximum Gasteiger partial charge on any atom is 0.417 e. The lowest BCUT2D eigenvalue weighted by Crippen LogP contribution is -2.67. The average molecular weight is 446 g/mol. The number of piperidine rings is 1. The molecule has 3 heterocycles. The van der Waals surface area contributed by atoms with Crippen LogP contribution in [0.4, 0.5) is 18.9 Å². The summed E-state index contributed by atoms with van der Waals surface area (Å²) in [5.41, 5.74) is 0.828. The Labute approximate surface area is 177 Å². The molecule has 3 unspecified atom stereocenters. The molecule has 2 N–H and O–H groups in total. The van der Waals surface area contributed by atoms with Crippen molar-refractivity contribution in [3.63, 3.8) is 0 Å². The van der Waals surface area contributed by atoms with Gasteiger partial charge in [0.2, 0.25) is 0 Å². The molecule has 166 valence electrons. The van der Waals surface area contributed by atoms with Gasteiger partial charge in [-0.2, -0.15) is 13.2 Å². The molecule has 3 aliphatic heterocycles. The predicted molar refractivity (Wildman–Crippen MR) is 112 cm³/mol. The minimum absolute atomic E-state index is 0.0479. The van der Waals surface area contributed by atoms with E-state index in [0.717, 1.165) is 19.5 Å². The van der Waals surface area contributed by atoms with Crippen LogP contribution in [0.3, 0.4) is 0 Å². The Morgan fingerprint density at radius 3 is 2.57 bits per heavy atom. The summed E-state index contributed by atoms with van der Waals surface area (Å²) in [4.78, 5) is 10.4. The number of piperazine rings is 1. The van der Waals surface area contributed by atoms with Crippen LogP contribution in [0.2, 0.25) is 0 Å². The van der Waals surface area contributed by atoms with E-state index < -0.39 is 18.9 Å². The molecule has 3 atom stereocenters. The van der Waals surface area contributed by atoms with Crippen molar-refractivity contribution in [2.24, 2.45) is 9.98 Å². The number of halogens is 3. The minimum atomic E-state index is -4.77. The standard InChI is InChI=1S/C19H25F3N4O3S/c1-23-16-14(28-9-15(27)19(20,21)22)5-4-13(18(24-2)30-3)17(16)29-10-26-7-11-6-12(8-26)25-11/h4-5,11-12,15,25,27H,1,6-10H2,2-3H3/b24-18-. The van der Waals surface area contributed by atoms with Gasteiger partial charge in [-0.15, -0.1) is 11.8 Å². The summed E-state index contributed by atoms with van der Waals surface area (Å²) in [5.74, 6) is 0.387. The highest BCUT2D eigenvalue weighted by molar-refractivity contribution is 8.13. The van der Waals surface area contributed by atoms with Gasteiger partial charge in [0.1, 0.15) is 29.8 Å². The van der Waals surface area contributed by atoms with Crippen molar-refractivity contribution in [1.29, 1.82) is 0 Å². The van der Waals surface area contributed by atoms with E-state index in [2.05, 4.69) is 26.9 Å². The Bertz CT molecular complexity index is 790. The number of rotatable bonds is 8. The van der Waals surface area contributed by atoms with Crippen molar-refractivity contribution in [3.05, 3.63) is 17.7 Å². The van der Waals surface area contributed by atoms with Gasteiger partial charge in [-0.05, 0) is 31.5 Å². The first-order chi connectivity index (χ1) is 14.3. The van der Waals surface area contributed by atoms with Crippen molar-refractivity contribution in [2.45, 2.75) is 30.8 Å². The molecule has 1 aromatic rings. The quantitative estimate of drug-likeness (QED) is 0.472. The van der Waals surface area contributed by atoms with Gasteiger partial charge in [-0.3, -0.25) is 14.9 Å². The van der Waals surface area contributed by atoms with Crippen LogP contribution in [0.25, 0.3) is 0 Å². The van der Waals surface area contributed by atoms with Gasteiger partial charge in [0.25, 0.3) is 0 Å². The second-order valence-electron chi connectivity index (χ2n) is 7.15. The first-order valence-corrected chi connectivity index (χ1v) is 10.6. The van der Waals surface area contributed by atoms with E-state index in [4.69, 9.17) is 9.47 Å². The van der Waals surface area contributed by atoms with Crippen LogP contribution in [-0.4, -0.2) is 85.9 Å². The van der Waals surface area contributed by atoms with Gasteiger partial charge in [0.15, 0.2) is 11.9 Å². The third-order valence-electron chi connectivity index (χ3n) is 5.04. The zero-order valence-electron chi connectivity index (χ0n) is 16.8. The average Bonchev–Trinajstić information content (AvgIpc) is 2.70. The maximum atomic E-state index is 12.6. The predicted octanol–water partition coefficient (Wildman–Crippen LogP) is 2.44. The maximum absolute atomic E-state index is 12.6. The molecule has 3 saturated heterocycles. The summed E-state index contributed by atoms with van der Waals surface area (Å²) in [7, 11) is 1.64. The molecular weight excluding hydrogens is 421 g/mol. The van der Waals surface area contributed by atoms with Gasteiger partial charge >= 0.3 is 6.18 Å². The molecule has 1 aromatic carbocycles. The summed E-state index contributed by atoms with van der Waals surface area (Å²) >= 11 is 1.41. The van der Waals surface area contributed by atoms with Gasteiger partial charge in [-0.25, -0.2) is 0 Å². The number of thioether (sulfide) groups is 1. The van der Waals surface area contributed by atoms with Crippen molar-refractivity contribution in [3.8, 4) is 11.5 Å². The van der Waals surface area contributed by atoms with Crippen LogP contribution >= 0.6 is 11.8 Å². The number of fused-ring (bicyclic) bond motifs is 2. The van der Waals surface area contributed by atoms with Crippen LogP contribution in [0.1, 0.15) is 12.0 Å². The van der Waals surface area contributed by atoms with E-state index in [9.17, 15) is 18.3 Å². The highest BCUT2D eigenvalue weighted by Crippen LogP contribution is 2.42. The second kappa shape index (κ2) is 9.54. The largest absolute Gasteiger partial charge is 0.488 e. The number of hydrogen-bond donors (Lipinski definition) is 2. The molecule has 0 amide bonds. The van der Waals surface area contributed by atoms with Crippen molar-refractivity contribution < 1.29 is 27.8 Å². The molecular formula is C19H25F3N4O3S. The minimum Gasteiger partial charge on any atom is -0.488 e. The number of hydrogen-bond acceptors (Lipinski definition) is 8. The lowest BCUT2D eigenvalue weighted by molar-refractivity contribution is -0.210. The number of aliphatic hydroxyl groups is 1. The van der Waals surface area contributed by atoms with Crippen molar-refractivity contribution in [1.82, 2.24) is 10.2 Å². The van der Waals surface area contributed by atoms with Gasteiger partial charge in [0.05, 0.1) is 5.56 Å². The first kappa shape index (κ1) is 22.9. The van der Waals surface area contributed by atoms with E-state index in [1.165, 1.54) is 17.8 Å². The number of alkyl halides is 3. The Balaban J connectivity index is 1.84. The molecule has 0 radical (unpaired) electrons. The zero-order valence-corrected chi connectivity index (χ0v) is 17.6. The van der Waals surface area contributed by atoms with Crippen LogP contribution in [0.15, 0.2) is 22.1 Å². The molecule has 3 aliphatic rings. The number of aliphatic imine (C=N–C) groups is 2. The normalized spacial score (nSPS) is 22.9. The molecule has 7 nitrogen and oxygen atoms in total. The molecule has 0 aliphatic carbocycles. The van der Waals surface area contributed by atoms with Crippen LogP contribution in [-0.2, 0) is 0 Å². The van der Waals surface area contributed by atoms with Gasteiger partial charge in [-0.1, -0.05) is 0 Å². The topological polar surface area (TPSA) is 78.7 Å². The van der Waals surface area contributed by atoms with Gasteiger partial charge < -0.3 is 19.9 Å². The fraction of sp³-hybridized carbons (Fsp3) is 0.579. The highest BCUT2D eigenvalue weighted by Gasteiger charge is 2.39. The Kier molecular flexibility index (Phi) is 7.27. The third-order valence-corrected chi connectivity index (χ3v) is 5.83. The lowest BCUT2D eigenvalue weighted by Gasteiger charge is -2.48. The van der Waals surface area contributed by atoms with Crippen molar-refractivity contribution in [2.75, 3.05) is 39.7 Å². The SMILES string of the molecule is C=Nc1c(OCC(O)C(F)(F)F)ccc(/C(=N/C)SC)c1OCN1CC2CC(C1)N2. The first-order valence-electron chi connectivity index (χ1n) is 9.40. The molecule has 2 bridgehead atoms. The fourth-order valence-electron chi connectivity index (χ4n) is 3.58. The summed E-state index contributed by atoms with van der Waals surface area (Å²) in [6.45, 7) is 4.58. The molecule has 11 heteroatoms. The van der Waals surface area contributed by atoms with E-state index >= 15 is 0 Å². The zero-order chi connectivity index (χ0) is 21.9. The summed E-state index contributed by atoms with van der Waals surface area (Å²) in [5, 5.41) is 13.4. The van der Waals surface area contributed by atoms with Crippen LogP contribution < -0.4 is 14.8 Å². The van der Waals surface area contributed by atoms with Crippen LogP contribution in [0, 0.1) is 0 Å². The molecule has 0 aromatic heterocycles. The highest BCUT2D eigenvalue weighted by atomic mass is 32.2. The fourth-order valence-corrected chi connectivity index (χ4v) is 4.15. The lowest BCUT2D eigenvalue weighted by atomic mass is 9.92. The van der Waals surface area contributed by atoms with E-state index in [1.54, 1.807) is 13.1 Å². The van der Waals surface area contributed by atoms with E-state index in [0.29, 0.717) is 35.2 Å². The van der Waals surface area contributed by atoms with Gasteiger partial charge in [0, 0.05) is 32.2 Å². The Hall–Kier alpha value is -1.82. The summed E-state index contributed by atoms with van der Waals surface area (Å²) in [6.07, 6.45) is -4.36. The molecule has 0 spiro atoms.